The Hall–Kier alpha value is -3.61. The number of halogens is 2. The highest BCUT2D eigenvalue weighted by molar-refractivity contribution is 6.31. The second-order valence-corrected chi connectivity index (χ2v) is 7.51. The van der Waals surface area contributed by atoms with E-state index in [0.29, 0.717) is 34.3 Å². The van der Waals surface area contributed by atoms with E-state index in [1.54, 1.807) is 42.5 Å². The quantitative estimate of drug-likeness (QED) is 0.330. The highest BCUT2D eigenvalue weighted by Crippen LogP contribution is 2.29. The Balaban J connectivity index is 1.42. The van der Waals surface area contributed by atoms with Gasteiger partial charge in [0.25, 0.3) is 0 Å². The number of hydrogen-bond donors (Lipinski definition) is 2. The second-order valence-electron chi connectivity index (χ2n) is 7.11. The number of nitrogens with one attached hydrogen (secondary N) is 1. The largest absolute Gasteiger partial charge is 0.459 e. The summed E-state index contributed by atoms with van der Waals surface area (Å²) in [7, 11) is 0. The number of aryl methyl sites for hydroxylation is 1. The second kappa shape index (κ2) is 9.26. The fraction of sp³-hybridized carbons (Fsp3) is 0.0800. The standard InChI is InChI=1S/C25H19ClFNO4/c1-15-12-17(3-7-20(15)24-10-5-19(14-29)32-24)28-25(30)11-6-18-4-9-23(31-18)16-2-8-22(27)21(26)13-16/h2-13,29H,14H2,1H3,(H,28,30)/b11-6+. The summed E-state index contributed by atoms with van der Waals surface area (Å²) in [6.45, 7) is 1.75. The van der Waals surface area contributed by atoms with Gasteiger partial charge in [0, 0.05) is 22.9 Å². The summed E-state index contributed by atoms with van der Waals surface area (Å²) in [4.78, 5) is 12.3. The average molecular weight is 452 g/mol. The van der Waals surface area contributed by atoms with Crippen LogP contribution in [0, 0.1) is 12.7 Å². The Labute approximate surface area is 188 Å². The molecule has 4 rings (SSSR count). The number of rotatable bonds is 6. The van der Waals surface area contributed by atoms with E-state index in [2.05, 4.69) is 5.32 Å². The van der Waals surface area contributed by atoms with E-state index in [1.165, 1.54) is 18.2 Å². The zero-order chi connectivity index (χ0) is 22.7. The Morgan fingerprint density at radius 2 is 1.88 bits per heavy atom. The van der Waals surface area contributed by atoms with Crippen LogP contribution in [0.1, 0.15) is 17.1 Å². The van der Waals surface area contributed by atoms with Gasteiger partial charge in [0.15, 0.2) is 0 Å². The van der Waals surface area contributed by atoms with Crippen LogP contribution in [0.5, 0.6) is 0 Å². The van der Waals surface area contributed by atoms with Gasteiger partial charge in [-0.15, -0.1) is 0 Å². The fourth-order valence-corrected chi connectivity index (χ4v) is 3.39. The molecule has 1 amide bonds. The van der Waals surface area contributed by atoms with Gasteiger partial charge in [-0.3, -0.25) is 4.79 Å². The minimum Gasteiger partial charge on any atom is -0.459 e. The number of anilines is 1. The van der Waals surface area contributed by atoms with Crippen LogP contribution < -0.4 is 5.32 Å². The molecule has 2 N–H and O–H groups in total. The molecule has 5 nitrogen and oxygen atoms in total. The number of carbonyl (C=O) groups excluding carboxylic acids is 1. The van der Waals surface area contributed by atoms with Crippen molar-refractivity contribution < 1.29 is 23.1 Å². The third-order valence-electron chi connectivity index (χ3n) is 4.81. The average Bonchev–Trinajstić information content (AvgIpc) is 3.44. The van der Waals surface area contributed by atoms with Gasteiger partial charge in [-0.05, 0) is 79.2 Å². The van der Waals surface area contributed by atoms with E-state index in [4.69, 9.17) is 25.5 Å². The van der Waals surface area contributed by atoms with Crippen LogP contribution in [-0.4, -0.2) is 11.0 Å². The molecule has 0 atom stereocenters. The minimum atomic E-state index is -0.499. The first-order valence-corrected chi connectivity index (χ1v) is 10.2. The lowest BCUT2D eigenvalue weighted by Gasteiger charge is -2.07. The lowest BCUT2D eigenvalue weighted by molar-refractivity contribution is -0.111. The molecule has 0 aliphatic heterocycles. The van der Waals surface area contributed by atoms with Crippen LogP contribution in [0.4, 0.5) is 10.1 Å². The summed E-state index contributed by atoms with van der Waals surface area (Å²) in [5, 5.41) is 12.0. The highest BCUT2D eigenvalue weighted by atomic mass is 35.5. The van der Waals surface area contributed by atoms with Gasteiger partial charge in [-0.2, -0.15) is 0 Å². The van der Waals surface area contributed by atoms with Crippen molar-refractivity contribution in [3.8, 4) is 22.6 Å². The predicted molar refractivity (Wildman–Crippen MR) is 122 cm³/mol. The molecular weight excluding hydrogens is 433 g/mol. The van der Waals surface area contributed by atoms with Crippen LogP contribution >= 0.6 is 11.6 Å². The lowest BCUT2D eigenvalue weighted by atomic mass is 10.1. The van der Waals surface area contributed by atoms with Crippen molar-refractivity contribution in [3.05, 3.63) is 94.7 Å². The summed E-state index contributed by atoms with van der Waals surface area (Å²) < 4.78 is 24.6. The van der Waals surface area contributed by atoms with E-state index in [-0.39, 0.29) is 17.5 Å². The minimum absolute atomic E-state index is 0.0116. The maximum absolute atomic E-state index is 13.3. The summed E-state index contributed by atoms with van der Waals surface area (Å²) in [6, 6.07) is 16.7. The molecule has 2 heterocycles. The Morgan fingerprint density at radius 1 is 1.06 bits per heavy atom. The molecule has 0 saturated carbocycles. The highest BCUT2D eigenvalue weighted by Gasteiger charge is 2.10. The molecule has 4 aromatic rings. The van der Waals surface area contributed by atoms with E-state index in [1.807, 2.05) is 19.1 Å². The first-order chi connectivity index (χ1) is 15.4. The molecule has 0 saturated heterocycles. The predicted octanol–water partition coefficient (Wildman–Crippen LogP) is 6.45. The van der Waals surface area contributed by atoms with Crippen molar-refractivity contribution in [1.29, 1.82) is 0 Å². The van der Waals surface area contributed by atoms with Crippen LogP contribution in [-0.2, 0) is 11.4 Å². The summed E-state index contributed by atoms with van der Waals surface area (Å²) in [6.07, 6.45) is 2.91. The zero-order valence-corrected chi connectivity index (χ0v) is 17.8. The first kappa shape index (κ1) is 21.6. The molecule has 0 aliphatic carbocycles. The lowest BCUT2D eigenvalue weighted by Crippen LogP contribution is -2.07. The topological polar surface area (TPSA) is 75.6 Å². The van der Waals surface area contributed by atoms with E-state index in [0.717, 1.165) is 11.1 Å². The Kier molecular flexibility index (Phi) is 6.25. The third kappa shape index (κ3) is 4.82. The van der Waals surface area contributed by atoms with Gasteiger partial charge in [-0.1, -0.05) is 11.6 Å². The first-order valence-electron chi connectivity index (χ1n) is 9.78. The van der Waals surface area contributed by atoms with Gasteiger partial charge in [0.2, 0.25) is 5.91 Å². The Morgan fingerprint density at radius 3 is 2.59 bits per heavy atom. The van der Waals surface area contributed by atoms with Crippen LogP contribution in [0.3, 0.4) is 0 Å². The maximum Gasteiger partial charge on any atom is 0.248 e. The maximum atomic E-state index is 13.3. The molecule has 7 heteroatoms. The van der Waals surface area contributed by atoms with Crippen molar-refractivity contribution in [2.45, 2.75) is 13.5 Å². The van der Waals surface area contributed by atoms with Crippen molar-refractivity contribution in [2.24, 2.45) is 0 Å². The van der Waals surface area contributed by atoms with Gasteiger partial charge >= 0.3 is 0 Å². The monoisotopic (exact) mass is 451 g/mol. The molecule has 2 aromatic heterocycles. The van der Waals surface area contributed by atoms with Gasteiger partial charge in [0.1, 0.15) is 35.5 Å². The third-order valence-corrected chi connectivity index (χ3v) is 5.10. The molecule has 0 unspecified atom stereocenters. The number of amides is 1. The van der Waals surface area contributed by atoms with Crippen LogP contribution in [0.25, 0.3) is 28.7 Å². The molecular formula is C25H19ClFNO4. The zero-order valence-electron chi connectivity index (χ0n) is 17.1. The van der Waals surface area contributed by atoms with Gasteiger partial charge in [-0.25, -0.2) is 4.39 Å². The molecule has 0 radical (unpaired) electrons. The normalized spacial score (nSPS) is 11.2. The molecule has 32 heavy (non-hydrogen) atoms. The van der Waals surface area contributed by atoms with Gasteiger partial charge in [0.05, 0.1) is 5.02 Å². The number of aliphatic hydroxyl groups excluding tert-OH is 1. The van der Waals surface area contributed by atoms with E-state index >= 15 is 0 Å². The molecule has 2 aromatic carbocycles. The van der Waals surface area contributed by atoms with E-state index < -0.39 is 5.82 Å². The smallest absolute Gasteiger partial charge is 0.248 e. The number of carbonyl (C=O) groups is 1. The summed E-state index contributed by atoms with van der Waals surface area (Å²) >= 11 is 5.81. The molecule has 0 aliphatic rings. The molecule has 162 valence electrons. The number of furan rings is 2. The summed E-state index contributed by atoms with van der Waals surface area (Å²) in [5.41, 5.74) is 3.07. The molecule has 0 spiro atoms. The van der Waals surface area contributed by atoms with Crippen molar-refractivity contribution in [3.63, 3.8) is 0 Å². The van der Waals surface area contributed by atoms with Crippen molar-refractivity contribution in [1.82, 2.24) is 0 Å². The summed E-state index contributed by atoms with van der Waals surface area (Å²) in [5.74, 6) is 1.31. The van der Waals surface area contributed by atoms with Crippen LogP contribution in [0.2, 0.25) is 5.02 Å². The fourth-order valence-electron chi connectivity index (χ4n) is 3.21. The van der Waals surface area contributed by atoms with Crippen LogP contribution in [0.15, 0.2) is 75.6 Å². The number of benzene rings is 2. The van der Waals surface area contributed by atoms with Crippen molar-refractivity contribution >= 4 is 29.3 Å². The molecule has 0 fully saturated rings. The van der Waals surface area contributed by atoms with E-state index in [9.17, 15) is 9.18 Å². The molecule has 0 bridgehead atoms. The SMILES string of the molecule is Cc1cc(NC(=O)/C=C/c2ccc(-c3ccc(F)c(Cl)c3)o2)ccc1-c1ccc(CO)o1. The van der Waals surface area contributed by atoms with Gasteiger partial charge < -0.3 is 19.3 Å². The Bertz CT molecular complexity index is 1310. The number of hydrogen-bond acceptors (Lipinski definition) is 4. The van der Waals surface area contributed by atoms with Crippen molar-refractivity contribution in [2.75, 3.05) is 5.32 Å². The number of aliphatic hydroxyl groups is 1.